The largest absolute Gasteiger partial charge is 0.481 e. The number of carboxylic acid groups (broad SMARTS) is 1. The van der Waals surface area contributed by atoms with Gasteiger partial charge in [-0.15, -0.1) is 0 Å². The Morgan fingerprint density at radius 1 is 1.33 bits per heavy atom. The van der Waals surface area contributed by atoms with Crippen LogP contribution in [0.25, 0.3) is 0 Å². The Hall–Kier alpha value is -1.55. The maximum absolute atomic E-state index is 12.0. The van der Waals surface area contributed by atoms with Crippen molar-refractivity contribution in [3.8, 4) is 0 Å². The SMILES string of the molecule is CC(C)(C)C(C(=O)O)C(=O)Nc1cccc(Cl)c1. The monoisotopic (exact) mass is 269 g/mol. The summed E-state index contributed by atoms with van der Waals surface area (Å²) in [6.07, 6.45) is 0. The Balaban J connectivity index is 2.90. The number of carboxylic acids is 1. The fourth-order valence-corrected chi connectivity index (χ4v) is 1.85. The van der Waals surface area contributed by atoms with Gasteiger partial charge in [-0.3, -0.25) is 9.59 Å². The molecule has 0 aromatic heterocycles. The van der Waals surface area contributed by atoms with Crippen LogP contribution in [-0.2, 0) is 9.59 Å². The molecule has 0 heterocycles. The van der Waals surface area contributed by atoms with E-state index in [0.717, 1.165) is 0 Å². The molecule has 0 aliphatic carbocycles. The van der Waals surface area contributed by atoms with Crippen molar-refractivity contribution >= 4 is 29.2 Å². The Labute approximate surface area is 111 Å². The molecule has 4 nitrogen and oxygen atoms in total. The Bertz CT molecular complexity index is 466. The number of nitrogens with one attached hydrogen (secondary N) is 1. The van der Waals surface area contributed by atoms with E-state index >= 15 is 0 Å². The van der Waals surface area contributed by atoms with Gasteiger partial charge in [0.1, 0.15) is 5.92 Å². The van der Waals surface area contributed by atoms with Gasteiger partial charge in [0.05, 0.1) is 0 Å². The first-order chi connectivity index (χ1) is 8.21. The van der Waals surface area contributed by atoms with Gasteiger partial charge in [-0.25, -0.2) is 0 Å². The highest BCUT2D eigenvalue weighted by molar-refractivity contribution is 6.30. The Kier molecular flexibility index (Phi) is 4.35. The topological polar surface area (TPSA) is 66.4 Å². The molecule has 1 unspecified atom stereocenters. The van der Waals surface area contributed by atoms with Crippen LogP contribution >= 0.6 is 11.6 Å². The number of benzene rings is 1. The van der Waals surface area contributed by atoms with Gasteiger partial charge in [-0.1, -0.05) is 38.4 Å². The summed E-state index contributed by atoms with van der Waals surface area (Å²) in [4.78, 5) is 23.1. The predicted octanol–water partition coefficient (Wildman–Crippen LogP) is 3.03. The molecule has 0 saturated carbocycles. The van der Waals surface area contributed by atoms with Crippen LogP contribution in [0.5, 0.6) is 0 Å². The van der Waals surface area contributed by atoms with Crippen LogP contribution in [0.1, 0.15) is 20.8 Å². The molecule has 0 aliphatic heterocycles. The van der Waals surface area contributed by atoms with Crippen LogP contribution in [0, 0.1) is 11.3 Å². The minimum atomic E-state index is -1.14. The number of anilines is 1. The minimum Gasteiger partial charge on any atom is -0.481 e. The lowest BCUT2D eigenvalue weighted by molar-refractivity contribution is -0.149. The summed E-state index contributed by atoms with van der Waals surface area (Å²) in [5.74, 6) is -2.80. The molecule has 1 amide bonds. The number of hydrogen-bond donors (Lipinski definition) is 2. The summed E-state index contributed by atoms with van der Waals surface area (Å²) in [5, 5.41) is 12.2. The number of aliphatic carboxylic acids is 1. The maximum Gasteiger partial charge on any atom is 0.316 e. The Morgan fingerprint density at radius 2 is 1.94 bits per heavy atom. The first-order valence-electron chi connectivity index (χ1n) is 5.51. The van der Waals surface area contributed by atoms with Gasteiger partial charge >= 0.3 is 5.97 Å². The van der Waals surface area contributed by atoms with Crippen molar-refractivity contribution in [1.29, 1.82) is 0 Å². The third-order valence-corrected chi connectivity index (χ3v) is 2.70. The average molecular weight is 270 g/mol. The molecule has 0 saturated heterocycles. The van der Waals surface area contributed by atoms with Crippen LogP contribution in [0.2, 0.25) is 5.02 Å². The molecule has 5 heteroatoms. The second-order valence-electron chi connectivity index (χ2n) is 5.14. The van der Waals surface area contributed by atoms with Crippen LogP contribution in [-0.4, -0.2) is 17.0 Å². The summed E-state index contributed by atoms with van der Waals surface area (Å²) in [5.41, 5.74) is -0.169. The van der Waals surface area contributed by atoms with Gasteiger partial charge in [0, 0.05) is 10.7 Å². The van der Waals surface area contributed by atoms with E-state index in [4.69, 9.17) is 16.7 Å². The lowest BCUT2D eigenvalue weighted by Crippen LogP contribution is -2.39. The summed E-state index contributed by atoms with van der Waals surface area (Å²) in [6, 6.07) is 6.59. The molecule has 0 radical (unpaired) electrons. The molecule has 0 fully saturated rings. The van der Waals surface area contributed by atoms with Crippen molar-refractivity contribution in [2.45, 2.75) is 20.8 Å². The second kappa shape index (κ2) is 5.40. The van der Waals surface area contributed by atoms with E-state index in [1.54, 1.807) is 45.0 Å². The molecule has 0 aliphatic rings. The highest BCUT2D eigenvalue weighted by atomic mass is 35.5. The van der Waals surface area contributed by atoms with Crippen LogP contribution in [0.4, 0.5) is 5.69 Å². The molecule has 0 bridgehead atoms. The second-order valence-corrected chi connectivity index (χ2v) is 5.57. The lowest BCUT2D eigenvalue weighted by Gasteiger charge is -2.25. The van der Waals surface area contributed by atoms with Crippen molar-refractivity contribution in [2.75, 3.05) is 5.32 Å². The van der Waals surface area contributed by atoms with E-state index in [2.05, 4.69) is 5.32 Å². The molecular formula is C13H16ClNO3. The fourth-order valence-electron chi connectivity index (χ4n) is 1.66. The molecule has 1 atom stereocenters. The van der Waals surface area contributed by atoms with Gasteiger partial charge in [0.2, 0.25) is 5.91 Å². The van der Waals surface area contributed by atoms with E-state index in [0.29, 0.717) is 10.7 Å². The number of halogens is 1. The highest BCUT2D eigenvalue weighted by Gasteiger charge is 2.37. The number of carbonyl (C=O) groups excluding carboxylic acids is 1. The molecular weight excluding hydrogens is 254 g/mol. The standard InChI is InChI=1S/C13H16ClNO3/c1-13(2,3)10(12(17)18)11(16)15-9-6-4-5-8(14)7-9/h4-7,10H,1-3H3,(H,15,16)(H,17,18). The predicted molar refractivity (Wildman–Crippen MR) is 70.7 cm³/mol. The molecule has 18 heavy (non-hydrogen) atoms. The lowest BCUT2D eigenvalue weighted by atomic mass is 9.80. The third-order valence-electron chi connectivity index (χ3n) is 2.47. The van der Waals surface area contributed by atoms with Crippen molar-refractivity contribution in [3.63, 3.8) is 0 Å². The number of rotatable bonds is 3. The van der Waals surface area contributed by atoms with E-state index in [1.807, 2.05) is 0 Å². The van der Waals surface area contributed by atoms with Gasteiger partial charge in [-0.2, -0.15) is 0 Å². The van der Waals surface area contributed by atoms with Crippen LogP contribution < -0.4 is 5.32 Å². The zero-order valence-corrected chi connectivity index (χ0v) is 11.3. The van der Waals surface area contributed by atoms with Crippen molar-refractivity contribution in [2.24, 2.45) is 11.3 Å². The smallest absolute Gasteiger partial charge is 0.316 e. The van der Waals surface area contributed by atoms with E-state index in [1.165, 1.54) is 0 Å². The molecule has 1 aromatic carbocycles. The number of amides is 1. The van der Waals surface area contributed by atoms with Gasteiger partial charge < -0.3 is 10.4 Å². The zero-order chi connectivity index (χ0) is 13.9. The molecule has 1 rings (SSSR count). The average Bonchev–Trinajstić information content (AvgIpc) is 2.13. The van der Waals surface area contributed by atoms with Crippen molar-refractivity contribution < 1.29 is 14.7 Å². The molecule has 2 N–H and O–H groups in total. The van der Waals surface area contributed by atoms with Gasteiger partial charge in [0.25, 0.3) is 0 Å². The van der Waals surface area contributed by atoms with Gasteiger partial charge in [0.15, 0.2) is 0 Å². The first-order valence-corrected chi connectivity index (χ1v) is 5.89. The highest BCUT2D eigenvalue weighted by Crippen LogP contribution is 2.27. The molecule has 0 spiro atoms. The number of hydrogen-bond acceptors (Lipinski definition) is 2. The van der Waals surface area contributed by atoms with Crippen molar-refractivity contribution in [3.05, 3.63) is 29.3 Å². The summed E-state index contributed by atoms with van der Waals surface area (Å²) >= 11 is 5.79. The Morgan fingerprint density at radius 3 is 2.39 bits per heavy atom. The zero-order valence-electron chi connectivity index (χ0n) is 10.5. The normalized spacial score (nSPS) is 12.9. The minimum absolute atomic E-state index is 0.482. The van der Waals surface area contributed by atoms with Gasteiger partial charge in [-0.05, 0) is 23.6 Å². The molecule has 98 valence electrons. The quantitative estimate of drug-likeness (QED) is 0.829. The summed E-state index contributed by atoms with van der Waals surface area (Å²) < 4.78 is 0. The summed E-state index contributed by atoms with van der Waals surface area (Å²) in [7, 11) is 0. The van der Waals surface area contributed by atoms with Crippen LogP contribution in [0.15, 0.2) is 24.3 Å². The molecule has 1 aromatic rings. The third kappa shape index (κ3) is 3.74. The van der Waals surface area contributed by atoms with Crippen molar-refractivity contribution in [1.82, 2.24) is 0 Å². The van der Waals surface area contributed by atoms with E-state index in [-0.39, 0.29) is 0 Å². The number of carbonyl (C=O) groups is 2. The fraction of sp³-hybridized carbons (Fsp3) is 0.385. The van der Waals surface area contributed by atoms with Crippen LogP contribution in [0.3, 0.4) is 0 Å². The first kappa shape index (κ1) is 14.5. The van der Waals surface area contributed by atoms with E-state index < -0.39 is 23.2 Å². The van der Waals surface area contributed by atoms with E-state index in [9.17, 15) is 9.59 Å². The maximum atomic E-state index is 12.0. The summed E-state index contributed by atoms with van der Waals surface area (Å²) in [6.45, 7) is 5.13.